The molecule has 0 N–H and O–H groups in total. The zero-order chi connectivity index (χ0) is 17.6. The molecule has 1 fully saturated rings. The lowest BCUT2D eigenvalue weighted by molar-refractivity contribution is 0.0661. The number of aryl methyl sites for hydroxylation is 3. The third-order valence-electron chi connectivity index (χ3n) is 4.60. The molecule has 1 aliphatic rings. The highest BCUT2D eigenvalue weighted by molar-refractivity contribution is 5.91. The average molecular weight is 339 g/mol. The van der Waals surface area contributed by atoms with Gasteiger partial charge in [-0.25, -0.2) is 9.50 Å². The number of nitrogens with zero attached hydrogens (tertiary/aromatic N) is 7. The van der Waals surface area contributed by atoms with E-state index >= 15 is 0 Å². The Morgan fingerprint density at radius 2 is 2.08 bits per heavy atom. The van der Waals surface area contributed by atoms with E-state index in [0.717, 1.165) is 36.3 Å². The summed E-state index contributed by atoms with van der Waals surface area (Å²) >= 11 is 0. The van der Waals surface area contributed by atoms with Crippen molar-refractivity contribution in [2.24, 2.45) is 0 Å². The van der Waals surface area contributed by atoms with Gasteiger partial charge in [0.15, 0.2) is 0 Å². The van der Waals surface area contributed by atoms with E-state index in [1.165, 1.54) is 0 Å². The van der Waals surface area contributed by atoms with Gasteiger partial charge in [0.05, 0.1) is 12.2 Å². The summed E-state index contributed by atoms with van der Waals surface area (Å²) in [6.45, 7) is 7.21. The first kappa shape index (κ1) is 15.7. The summed E-state index contributed by atoms with van der Waals surface area (Å²) in [5.41, 5.74) is 2.91. The Morgan fingerprint density at radius 3 is 2.84 bits per heavy atom. The minimum Gasteiger partial charge on any atom is -0.334 e. The van der Waals surface area contributed by atoms with Crippen molar-refractivity contribution in [3.8, 4) is 0 Å². The minimum atomic E-state index is -0.142. The summed E-state index contributed by atoms with van der Waals surface area (Å²) in [5.74, 6) is 0.534. The maximum Gasteiger partial charge on any atom is 0.293 e. The lowest BCUT2D eigenvalue weighted by Crippen LogP contribution is -2.41. The first-order valence-electron chi connectivity index (χ1n) is 8.52. The molecule has 25 heavy (non-hydrogen) atoms. The Kier molecular flexibility index (Phi) is 3.74. The summed E-state index contributed by atoms with van der Waals surface area (Å²) in [6.07, 6.45) is 5.83. The summed E-state index contributed by atoms with van der Waals surface area (Å²) < 4.78 is 3.58. The molecule has 0 aromatic carbocycles. The number of fused-ring (bicyclic) bond motifs is 1. The minimum absolute atomic E-state index is 0.142. The first-order chi connectivity index (χ1) is 12.0. The molecular weight excluding hydrogens is 318 g/mol. The molecule has 0 bridgehead atoms. The third kappa shape index (κ3) is 2.88. The first-order valence-corrected chi connectivity index (χ1v) is 8.52. The molecule has 8 nitrogen and oxygen atoms in total. The molecule has 1 aliphatic heterocycles. The molecule has 3 aromatic rings. The fourth-order valence-corrected chi connectivity index (χ4v) is 3.39. The maximum atomic E-state index is 12.9. The van der Waals surface area contributed by atoms with Crippen molar-refractivity contribution in [2.75, 3.05) is 13.1 Å². The van der Waals surface area contributed by atoms with Crippen LogP contribution in [0, 0.1) is 20.8 Å². The van der Waals surface area contributed by atoms with Crippen molar-refractivity contribution in [1.82, 2.24) is 34.3 Å². The number of amides is 1. The fraction of sp³-hybridized carbons (Fsp3) is 0.471. The van der Waals surface area contributed by atoms with Crippen LogP contribution in [0.1, 0.15) is 46.5 Å². The van der Waals surface area contributed by atoms with E-state index in [1.54, 1.807) is 4.52 Å². The lowest BCUT2D eigenvalue weighted by Gasteiger charge is -2.32. The lowest BCUT2D eigenvalue weighted by atomic mass is 10.1. The van der Waals surface area contributed by atoms with Gasteiger partial charge in [0, 0.05) is 30.7 Å². The highest BCUT2D eigenvalue weighted by atomic mass is 16.2. The highest BCUT2D eigenvalue weighted by Gasteiger charge is 2.28. The van der Waals surface area contributed by atoms with Crippen LogP contribution >= 0.6 is 0 Å². The van der Waals surface area contributed by atoms with Crippen LogP contribution in [-0.2, 0) is 0 Å². The zero-order valence-corrected chi connectivity index (χ0v) is 14.7. The predicted molar refractivity (Wildman–Crippen MR) is 91.4 cm³/mol. The molecule has 4 heterocycles. The van der Waals surface area contributed by atoms with Crippen LogP contribution in [0.4, 0.5) is 0 Å². The summed E-state index contributed by atoms with van der Waals surface area (Å²) in [4.78, 5) is 23.4. The van der Waals surface area contributed by atoms with Gasteiger partial charge in [0.2, 0.25) is 5.82 Å². The zero-order valence-electron chi connectivity index (χ0n) is 14.7. The topological polar surface area (TPSA) is 81.2 Å². The van der Waals surface area contributed by atoms with Gasteiger partial charge in [-0.3, -0.25) is 9.48 Å². The molecule has 1 atom stereocenters. The number of likely N-dealkylation sites (tertiary alicyclic amines) is 1. The van der Waals surface area contributed by atoms with Crippen LogP contribution in [0.3, 0.4) is 0 Å². The van der Waals surface area contributed by atoms with Crippen LogP contribution in [-0.4, -0.2) is 53.3 Å². The van der Waals surface area contributed by atoms with Crippen LogP contribution in [0.15, 0.2) is 18.5 Å². The Morgan fingerprint density at radius 1 is 1.24 bits per heavy atom. The van der Waals surface area contributed by atoms with Crippen molar-refractivity contribution < 1.29 is 4.79 Å². The van der Waals surface area contributed by atoms with Crippen molar-refractivity contribution >= 4 is 11.7 Å². The van der Waals surface area contributed by atoms with Crippen LogP contribution < -0.4 is 0 Å². The predicted octanol–water partition coefficient (Wildman–Crippen LogP) is 1.72. The van der Waals surface area contributed by atoms with E-state index in [4.69, 9.17) is 0 Å². The van der Waals surface area contributed by atoms with Crippen molar-refractivity contribution in [2.45, 2.75) is 39.7 Å². The fourth-order valence-electron chi connectivity index (χ4n) is 3.39. The molecule has 1 unspecified atom stereocenters. The molecule has 0 saturated carbocycles. The normalized spacial score (nSPS) is 18.0. The molecule has 1 amide bonds. The Hall–Kier alpha value is -2.77. The largest absolute Gasteiger partial charge is 0.334 e. The van der Waals surface area contributed by atoms with E-state index in [9.17, 15) is 4.79 Å². The highest BCUT2D eigenvalue weighted by Crippen LogP contribution is 2.22. The number of carbonyl (C=O) groups is 1. The van der Waals surface area contributed by atoms with E-state index in [-0.39, 0.29) is 17.8 Å². The third-order valence-corrected chi connectivity index (χ3v) is 4.60. The number of hydrogen-bond donors (Lipinski definition) is 0. The molecule has 0 radical (unpaired) electrons. The second-order valence-corrected chi connectivity index (χ2v) is 6.73. The van der Waals surface area contributed by atoms with Crippen molar-refractivity contribution in [1.29, 1.82) is 0 Å². The van der Waals surface area contributed by atoms with E-state index < -0.39 is 0 Å². The standard InChI is InChI=1S/C17H21N7O/c1-11-8-18-23(9-11)14-5-4-6-22(10-14)16(25)15-20-17-19-12(2)7-13(3)24(17)21-15/h7-9,14H,4-6,10H2,1-3H3. The van der Waals surface area contributed by atoms with Gasteiger partial charge in [-0.2, -0.15) is 10.1 Å². The number of rotatable bonds is 2. The van der Waals surface area contributed by atoms with Gasteiger partial charge < -0.3 is 4.90 Å². The van der Waals surface area contributed by atoms with Gasteiger partial charge in [-0.15, -0.1) is 5.10 Å². The van der Waals surface area contributed by atoms with Crippen LogP contribution in [0.5, 0.6) is 0 Å². The van der Waals surface area contributed by atoms with Gasteiger partial charge in [-0.05, 0) is 45.2 Å². The van der Waals surface area contributed by atoms with Crippen molar-refractivity contribution in [3.63, 3.8) is 0 Å². The van der Waals surface area contributed by atoms with Crippen molar-refractivity contribution in [3.05, 3.63) is 41.2 Å². The molecule has 8 heteroatoms. The Balaban J connectivity index is 1.59. The second kappa shape index (κ2) is 5.94. The number of piperidine rings is 1. The SMILES string of the molecule is Cc1cnn(C2CCCN(C(=O)c3nc4nc(C)cc(C)n4n3)C2)c1. The monoisotopic (exact) mass is 339 g/mol. The average Bonchev–Trinajstić information content (AvgIpc) is 3.21. The maximum absolute atomic E-state index is 12.9. The van der Waals surface area contributed by atoms with Gasteiger partial charge in [-0.1, -0.05) is 0 Å². The Bertz CT molecular complexity index is 942. The summed E-state index contributed by atoms with van der Waals surface area (Å²) in [6, 6.07) is 2.12. The summed E-state index contributed by atoms with van der Waals surface area (Å²) in [5, 5.41) is 8.76. The smallest absolute Gasteiger partial charge is 0.293 e. The van der Waals surface area contributed by atoms with Gasteiger partial charge in [0.1, 0.15) is 0 Å². The second-order valence-electron chi connectivity index (χ2n) is 6.73. The quantitative estimate of drug-likeness (QED) is 0.710. The van der Waals surface area contributed by atoms with E-state index in [1.807, 2.05) is 48.8 Å². The Labute approximate surface area is 145 Å². The van der Waals surface area contributed by atoms with Gasteiger partial charge >= 0.3 is 0 Å². The molecule has 1 saturated heterocycles. The molecule has 0 spiro atoms. The van der Waals surface area contributed by atoms with Crippen LogP contribution in [0.25, 0.3) is 5.78 Å². The number of hydrogen-bond acceptors (Lipinski definition) is 5. The molecule has 3 aromatic heterocycles. The molecule has 4 rings (SSSR count). The van der Waals surface area contributed by atoms with Crippen LogP contribution in [0.2, 0.25) is 0 Å². The number of aromatic nitrogens is 6. The number of carbonyl (C=O) groups excluding carboxylic acids is 1. The van der Waals surface area contributed by atoms with E-state index in [0.29, 0.717) is 12.3 Å². The molecule has 0 aliphatic carbocycles. The summed E-state index contributed by atoms with van der Waals surface area (Å²) in [7, 11) is 0. The van der Waals surface area contributed by atoms with Gasteiger partial charge in [0.25, 0.3) is 11.7 Å². The molecule has 130 valence electrons. The van der Waals surface area contributed by atoms with E-state index in [2.05, 4.69) is 20.2 Å². The molecular formula is C17H21N7O.